The lowest BCUT2D eigenvalue weighted by Gasteiger charge is -2.13. The van der Waals surface area contributed by atoms with E-state index in [4.69, 9.17) is 14.6 Å². The molecule has 114 valence electrons. The minimum absolute atomic E-state index is 0.363. The molecule has 0 saturated heterocycles. The molecule has 0 aromatic heterocycles. The highest BCUT2D eigenvalue weighted by atomic mass is 79.9. The third-order valence-electron chi connectivity index (χ3n) is 2.93. The minimum atomic E-state index is -1.01. The van der Waals surface area contributed by atoms with Gasteiger partial charge in [-0.1, -0.05) is 40.2 Å². The van der Waals surface area contributed by atoms with Crippen molar-refractivity contribution in [2.45, 2.75) is 6.61 Å². The van der Waals surface area contributed by atoms with Crippen molar-refractivity contribution in [1.29, 1.82) is 0 Å². The summed E-state index contributed by atoms with van der Waals surface area (Å²) in [6, 6.07) is 13.1. The molecule has 0 atom stereocenters. The third-order valence-corrected chi connectivity index (χ3v) is 3.46. The number of hydrogen-bond acceptors (Lipinski definition) is 3. The Hall–Kier alpha value is -2.27. The van der Waals surface area contributed by atoms with Gasteiger partial charge in [-0.2, -0.15) is 0 Å². The van der Waals surface area contributed by atoms with Gasteiger partial charge in [-0.3, -0.25) is 0 Å². The van der Waals surface area contributed by atoms with E-state index in [-0.39, 0.29) is 0 Å². The molecule has 0 aliphatic carbocycles. The first-order chi connectivity index (χ1) is 10.6. The van der Waals surface area contributed by atoms with Crippen molar-refractivity contribution >= 4 is 28.0 Å². The first-order valence-corrected chi connectivity index (χ1v) is 7.34. The van der Waals surface area contributed by atoms with Crippen LogP contribution in [0.5, 0.6) is 11.5 Å². The van der Waals surface area contributed by atoms with Crippen LogP contribution in [0.3, 0.4) is 0 Å². The van der Waals surface area contributed by atoms with E-state index in [1.807, 2.05) is 24.3 Å². The Kier molecular flexibility index (Phi) is 5.61. The number of para-hydroxylation sites is 1. The predicted molar refractivity (Wildman–Crippen MR) is 88.1 cm³/mol. The molecule has 0 bridgehead atoms. The fourth-order valence-electron chi connectivity index (χ4n) is 1.88. The van der Waals surface area contributed by atoms with Gasteiger partial charge in [0, 0.05) is 16.1 Å². The molecule has 22 heavy (non-hydrogen) atoms. The summed E-state index contributed by atoms with van der Waals surface area (Å²) in [6.45, 7) is 0.363. The molecule has 0 saturated carbocycles. The largest absolute Gasteiger partial charge is 0.493 e. The molecular weight excluding hydrogens is 348 g/mol. The predicted octanol–water partition coefficient (Wildman–Crippen LogP) is 4.13. The van der Waals surface area contributed by atoms with E-state index in [9.17, 15) is 4.79 Å². The zero-order valence-corrected chi connectivity index (χ0v) is 13.5. The molecule has 4 nitrogen and oxygen atoms in total. The van der Waals surface area contributed by atoms with E-state index in [1.54, 1.807) is 25.3 Å². The van der Waals surface area contributed by atoms with Crippen LogP contribution in [0, 0.1) is 0 Å². The highest BCUT2D eigenvalue weighted by molar-refractivity contribution is 9.10. The van der Waals surface area contributed by atoms with Crippen LogP contribution in [0.1, 0.15) is 11.1 Å². The Morgan fingerprint density at radius 3 is 2.59 bits per heavy atom. The van der Waals surface area contributed by atoms with Crippen molar-refractivity contribution in [2.75, 3.05) is 7.11 Å². The summed E-state index contributed by atoms with van der Waals surface area (Å²) in [4.78, 5) is 10.7. The van der Waals surface area contributed by atoms with Gasteiger partial charge in [0.05, 0.1) is 7.11 Å². The van der Waals surface area contributed by atoms with E-state index in [1.165, 1.54) is 6.08 Å². The third kappa shape index (κ3) is 4.36. The van der Waals surface area contributed by atoms with Crippen LogP contribution in [0.2, 0.25) is 0 Å². The van der Waals surface area contributed by atoms with Gasteiger partial charge in [-0.25, -0.2) is 4.79 Å². The summed E-state index contributed by atoms with van der Waals surface area (Å²) < 4.78 is 12.1. The highest BCUT2D eigenvalue weighted by Crippen LogP contribution is 2.32. The summed E-state index contributed by atoms with van der Waals surface area (Å²) in [5.74, 6) is 0.0664. The maximum atomic E-state index is 10.7. The van der Waals surface area contributed by atoms with Crippen LogP contribution in [0.4, 0.5) is 0 Å². The topological polar surface area (TPSA) is 55.8 Å². The van der Waals surface area contributed by atoms with Gasteiger partial charge in [0.25, 0.3) is 0 Å². The molecule has 0 radical (unpaired) electrons. The Balaban J connectivity index is 2.23. The molecule has 2 aromatic rings. The second-order valence-corrected chi connectivity index (χ2v) is 5.38. The number of carbonyl (C=O) groups is 1. The number of ether oxygens (including phenoxy) is 2. The summed E-state index contributed by atoms with van der Waals surface area (Å²) in [6.07, 6.45) is 2.56. The number of rotatable bonds is 6. The average molecular weight is 363 g/mol. The average Bonchev–Trinajstić information content (AvgIpc) is 2.52. The molecule has 5 heteroatoms. The van der Waals surface area contributed by atoms with Crippen LogP contribution >= 0.6 is 15.9 Å². The normalized spacial score (nSPS) is 10.6. The standard InChI is InChI=1S/C17H15BrO4/c1-21-15-4-2-3-13(7-10-16(19)20)17(15)22-11-12-5-8-14(18)9-6-12/h2-10H,11H2,1H3,(H,19,20). The first kappa shape index (κ1) is 16.1. The Morgan fingerprint density at radius 2 is 1.95 bits per heavy atom. The maximum Gasteiger partial charge on any atom is 0.328 e. The molecule has 2 rings (SSSR count). The molecule has 0 fully saturated rings. The van der Waals surface area contributed by atoms with E-state index >= 15 is 0 Å². The summed E-state index contributed by atoms with van der Waals surface area (Å²) in [7, 11) is 1.55. The van der Waals surface area contributed by atoms with Crippen molar-refractivity contribution in [3.05, 3.63) is 64.1 Å². The van der Waals surface area contributed by atoms with Crippen molar-refractivity contribution in [3.63, 3.8) is 0 Å². The lowest BCUT2D eigenvalue weighted by molar-refractivity contribution is -0.131. The molecular formula is C17H15BrO4. The zero-order valence-electron chi connectivity index (χ0n) is 12.0. The number of aliphatic carboxylic acids is 1. The number of halogens is 1. The van der Waals surface area contributed by atoms with Gasteiger partial charge in [0.1, 0.15) is 6.61 Å². The minimum Gasteiger partial charge on any atom is -0.493 e. The van der Waals surface area contributed by atoms with Gasteiger partial charge >= 0.3 is 5.97 Å². The lowest BCUT2D eigenvalue weighted by Crippen LogP contribution is -1.99. The summed E-state index contributed by atoms with van der Waals surface area (Å²) in [5.41, 5.74) is 1.65. The SMILES string of the molecule is COc1cccc(C=CC(=O)O)c1OCc1ccc(Br)cc1. The van der Waals surface area contributed by atoms with Crippen LogP contribution in [-0.2, 0) is 11.4 Å². The molecule has 0 spiro atoms. The first-order valence-electron chi connectivity index (χ1n) is 6.55. The Morgan fingerprint density at radius 1 is 1.23 bits per heavy atom. The number of benzene rings is 2. The highest BCUT2D eigenvalue weighted by Gasteiger charge is 2.09. The lowest BCUT2D eigenvalue weighted by atomic mass is 10.1. The van der Waals surface area contributed by atoms with Crippen LogP contribution in [0.25, 0.3) is 6.08 Å². The second kappa shape index (κ2) is 7.66. The van der Waals surface area contributed by atoms with Crippen LogP contribution < -0.4 is 9.47 Å². The molecule has 0 heterocycles. The molecule has 2 aromatic carbocycles. The van der Waals surface area contributed by atoms with Crippen molar-refractivity contribution in [1.82, 2.24) is 0 Å². The summed E-state index contributed by atoms with van der Waals surface area (Å²) in [5, 5.41) is 8.76. The van der Waals surface area contributed by atoms with E-state index in [0.29, 0.717) is 23.7 Å². The van der Waals surface area contributed by atoms with E-state index in [0.717, 1.165) is 16.1 Å². The van der Waals surface area contributed by atoms with Gasteiger partial charge in [0.15, 0.2) is 11.5 Å². The van der Waals surface area contributed by atoms with Crippen LogP contribution in [-0.4, -0.2) is 18.2 Å². The molecule has 0 aliphatic heterocycles. The number of carboxylic acids is 1. The maximum absolute atomic E-state index is 10.7. The number of carboxylic acid groups (broad SMARTS) is 1. The Labute approximate surface area is 137 Å². The molecule has 0 amide bonds. The summed E-state index contributed by atoms with van der Waals surface area (Å²) >= 11 is 3.38. The zero-order chi connectivity index (χ0) is 15.9. The number of hydrogen-bond donors (Lipinski definition) is 1. The van der Waals surface area contributed by atoms with Crippen molar-refractivity contribution in [3.8, 4) is 11.5 Å². The molecule has 0 aliphatic rings. The quantitative estimate of drug-likeness (QED) is 0.784. The number of methoxy groups -OCH3 is 1. The monoisotopic (exact) mass is 362 g/mol. The van der Waals surface area contributed by atoms with Crippen LogP contribution in [0.15, 0.2) is 53.0 Å². The second-order valence-electron chi connectivity index (χ2n) is 4.47. The fourth-order valence-corrected chi connectivity index (χ4v) is 2.14. The van der Waals surface area contributed by atoms with Gasteiger partial charge < -0.3 is 14.6 Å². The van der Waals surface area contributed by atoms with E-state index in [2.05, 4.69) is 15.9 Å². The van der Waals surface area contributed by atoms with Crippen molar-refractivity contribution < 1.29 is 19.4 Å². The van der Waals surface area contributed by atoms with Gasteiger partial charge in [-0.05, 0) is 29.8 Å². The Bertz CT molecular complexity index is 678. The van der Waals surface area contributed by atoms with Crippen molar-refractivity contribution in [2.24, 2.45) is 0 Å². The van der Waals surface area contributed by atoms with Gasteiger partial charge in [-0.15, -0.1) is 0 Å². The fraction of sp³-hybridized carbons (Fsp3) is 0.118. The molecule has 0 unspecified atom stereocenters. The molecule has 1 N–H and O–H groups in total. The smallest absolute Gasteiger partial charge is 0.328 e. The van der Waals surface area contributed by atoms with Gasteiger partial charge in [0.2, 0.25) is 0 Å². The van der Waals surface area contributed by atoms with E-state index < -0.39 is 5.97 Å².